The number of benzene rings is 2. The fourth-order valence-corrected chi connectivity index (χ4v) is 3.91. The van der Waals surface area contributed by atoms with Gasteiger partial charge in [-0.1, -0.05) is 42.8 Å². The first-order valence-electron chi connectivity index (χ1n) is 10.3. The number of likely N-dealkylation sites (N-methyl/N-ethyl adjacent to an activating group) is 1. The van der Waals surface area contributed by atoms with Crippen molar-refractivity contribution in [2.45, 2.75) is 45.9 Å². The van der Waals surface area contributed by atoms with Crippen LogP contribution in [0.2, 0.25) is 5.02 Å². The van der Waals surface area contributed by atoms with E-state index >= 15 is 0 Å². The van der Waals surface area contributed by atoms with Crippen LogP contribution in [0.4, 0.5) is 0 Å². The maximum absolute atomic E-state index is 6.19. The Balaban J connectivity index is 1.65. The van der Waals surface area contributed by atoms with Crippen molar-refractivity contribution in [2.24, 2.45) is 0 Å². The van der Waals surface area contributed by atoms with Crippen LogP contribution < -0.4 is 14.8 Å². The molecule has 0 aromatic heterocycles. The van der Waals surface area contributed by atoms with E-state index in [4.69, 9.17) is 21.1 Å². The predicted octanol–water partition coefficient (Wildman–Crippen LogP) is 4.89. The molecule has 1 saturated heterocycles. The van der Waals surface area contributed by atoms with Gasteiger partial charge in [0.15, 0.2) is 11.5 Å². The average Bonchev–Trinajstić information content (AvgIpc) is 3.16. The molecule has 0 amide bonds. The third kappa shape index (κ3) is 5.63. The topological polar surface area (TPSA) is 33.7 Å². The molecule has 3 rings (SSSR count). The quantitative estimate of drug-likeness (QED) is 0.613. The molecule has 0 bridgehead atoms. The van der Waals surface area contributed by atoms with Crippen molar-refractivity contribution in [3.63, 3.8) is 0 Å². The van der Waals surface area contributed by atoms with Gasteiger partial charge in [-0.3, -0.25) is 4.90 Å². The molecule has 1 N–H and O–H groups in total. The molecule has 4 nitrogen and oxygen atoms in total. The van der Waals surface area contributed by atoms with Crippen molar-refractivity contribution < 1.29 is 9.47 Å². The Morgan fingerprint density at radius 2 is 1.93 bits per heavy atom. The van der Waals surface area contributed by atoms with Crippen LogP contribution in [0.3, 0.4) is 0 Å². The molecule has 5 heteroatoms. The van der Waals surface area contributed by atoms with E-state index in [1.165, 1.54) is 19.4 Å². The smallest absolute Gasteiger partial charge is 0.166 e. The van der Waals surface area contributed by atoms with Crippen LogP contribution in [-0.4, -0.2) is 37.2 Å². The summed E-state index contributed by atoms with van der Waals surface area (Å²) in [6.07, 6.45) is 2.58. The Morgan fingerprint density at radius 3 is 2.68 bits per heavy atom. The van der Waals surface area contributed by atoms with Gasteiger partial charge in [0.25, 0.3) is 0 Å². The summed E-state index contributed by atoms with van der Waals surface area (Å²) in [5.41, 5.74) is 2.21. The lowest BCUT2D eigenvalue weighted by molar-refractivity contribution is 0.256. The largest absolute Gasteiger partial charge is 0.490 e. The molecule has 0 radical (unpaired) electrons. The molecule has 1 atom stereocenters. The molecule has 1 heterocycles. The van der Waals surface area contributed by atoms with E-state index in [0.717, 1.165) is 47.3 Å². The Morgan fingerprint density at radius 1 is 1.11 bits per heavy atom. The van der Waals surface area contributed by atoms with Crippen LogP contribution in [0.25, 0.3) is 0 Å². The maximum atomic E-state index is 6.19. The SMILES string of the molecule is CCOc1cccc(CNC[C@H]2CCCN2CC)c1OCc1ccc(Cl)cc1. The number of para-hydroxylation sites is 1. The summed E-state index contributed by atoms with van der Waals surface area (Å²) >= 11 is 5.98. The maximum Gasteiger partial charge on any atom is 0.166 e. The van der Waals surface area contributed by atoms with Gasteiger partial charge in [0, 0.05) is 29.7 Å². The van der Waals surface area contributed by atoms with Gasteiger partial charge in [-0.05, 0) is 56.6 Å². The van der Waals surface area contributed by atoms with Crippen LogP contribution in [0, 0.1) is 0 Å². The van der Waals surface area contributed by atoms with E-state index in [1.54, 1.807) is 0 Å². The highest BCUT2D eigenvalue weighted by Crippen LogP contribution is 2.32. The number of likely N-dealkylation sites (tertiary alicyclic amines) is 1. The summed E-state index contributed by atoms with van der Waals surface area (Å²) in [6.45, 7) is 9.45. The summed E-state index contributed by atoms with van der Waals surface area (Å²) in [5.74, 6) is 1.62. The van der Waals surface area contributed by atoms with Crippen molar-refractivity contribution in [1.29, 1.82) is 0 Å². The minimum absolute atomic E-state index is 0.487. The molecule has 152 valence electrons. The van der Waals surface area contributed by atoms with Crippen molar-refractivity contribution in [3.05, 3.63) is 58.6 Å². The summed E-state index contributed by atoms with van der Waals surface area (Å²) in [4.78, 5) is 2.56. The number of hydrogen-bond acceptors (Lipinski definition) is 4. The lowest BCUT2D eigenvalue weighted by Gasteiger charge is -2.23. The zero-order chi connectivity index (χ0) is 19.8. The van der Waals surface area contributed by atoms with Gasteiger partial charge in [0.05, 0.1) is 6.61 Å². The standard InChI is InChI=1S/C23H31ClN2O2/c1-3-26-14-6-8-21(26)16-25-15-19-7-5-9-22(27-4-2)23(19)28-17-18-10-12-20(24)13-11-18/h5,7,9-13,21,25H,3-4,6,8,14-17H2,1-2H3/t21-/m1/s1. The summed E-state index contributed by atoms with van der Waals surface area (Å²) in [7, 11) is 0. The van der Waals surface area contributed by atoms with Gasteiger partial charge >= 0.3 is 0 Å². The first kappa shape index (κ1) is 21.0. The molecule has 2 aromatic rings. The molecule has 28 heavy (non-hydrogen) atoms. The number of rotatable bonds is 10. The van der Waals surface area contributed by atoms with E-state index in [0.29, 0.717) is 19.3 Å². The van der Waals surface area contributed by atoms with E-state index in [2.05, 4.69) is 23.2 Å². The lowest BCUT2D eigenvalue weighted by atomic mass is 10.1. The molecular formula is C23H31ClN2O2. The molecule has 1 aliphatic heterocycles. The number of nitrogens with one attached hydrogen (secondary N) is 1. The monoisotopic (exact) mass is 402 g/mol. The van der Waals surface area contributed by atoms with Crippen LogP contribution in [0.1, 0.15) is 37.8 Å². The van der Waals surface area contributed by atoms with E-state index in [1.807, 2.05) is 43.3 Å². The number of hydrogen-bond donors (Lipinski definition) is 1. The number of halogens is 1. The minimum Gasteiger partial charge on any atom is -0.490 e. The molecule has 1 fully saturated rings. The second-order valence-electron chi connectivity index (χ2n) is 7.15. The second-order valence-corrected chi connectivity index (χ2v) is 7.58. The molecule has 0 aliphatic carbocycles. The van der Waals surface area contributed by atoms with Gasteiger partial charge in [-0.2, -0.15) is 0 Å². The zero-order valence-electron chi connectivity index (χ0n) is 16.9. The molecular weight excluding hydrogens is 372 g/mol. The van der Waals surface area contributed by atoms with E-state index in [-0.39, 0.29) is 0 Å². The van der Waals surface area contributed by atoms with Gasteiger partial charge in [-0.25, -0.2) is 0 Å². The van der Waals surface area contributed by atoms with Crippen molar-refractivity contribution in [3.8, 4) is 11.5 Å². The lowest BCUT2D eigenvalue weighted by Crippen LogP contribution is -2.37. The molecule has 2 aromatic carbocycles. The number of ether oxygens (including phenoxy) is 2. The highest BCUT2D eigenvalue weighted by molar-refractivity contribution is 6.30. The first-order chi connectivity index (χ1) is 13.7. The Labute approximate surface area is 173 Å². The summed E-state index contributed by atoms with van der Waals surface area (Å²) in [5, 5.41) is 4.36. The van der Waals surface area contributed by atoms with Crippen LogP contribution in [0.5, 0.6) is 11.5 Å². The average molecular weight is 403 g/mol. The predicted molar refractivity (Wildman–Crippen MR) is 115 cm³/mol. The van der Waals surface area contributed by atoms with E-state index in [9.17, 15) is 0 Å². The van der Waals surface area contributed by atoms with Crippen molar-refractivity contribution >= 4 is 11.6 Å². The second kappa shape index (κ2) is 10.7. The normalized spacial score (nSPS) is 17.0. The highest BCUT2D eigenvalue weighted by Gasteiger charge is 2.22. The van der Waals surface area contributed by atoms with Gasteiger partial charge in [-0.15, -0.1) is 0 Å². The first-order valence-corrected chi connectivity index (χ1v) is 10.7. The van der Waals surface area contributed by atoms with Crippen LogP contribution >= 0.6 is 11.6 Å². The molecule has 0 saturated carbocycles. The van der Waals surface area contributed by atoms with E-state index < -0.39 is 0 Å². The molecule has 0 unspecified atom stereocenters. The Kier molecular flexibility index (Phi) is 8.01. The van der Waals surface area contributed by atoms with Crippen LogP contribution in [0.15, 0.2) is 42.5 Å². The van der Waals surface area contributed by atoms with Crippen molar-refractivity contribution in [2.75, 3.05) is 26.2 Å². The Bertz CT molecular complexity index is 736. The third-order valence-corrected chi connectivity index (χ3v) is 5.51. The molecule has 0 spiro atoms. The van der Waals surface area contributed by atoms with Crippen LogP contribution in [-0.2, 0) is 13.2 Å². The van der Waals surface area contributed by atoms with Gasteiger partial charge < -0.3 is 14.8 Å². The fraction of sp³-hybridized carbons (Fsp3) is 0.478. The van der Waals surface area contributed by atoms with Gasteiger partial charge in [0.2, 0.25) is 0 Å². The Hall–Kier alpha value is -1.75. The molecule has 1 aliphatic rings. The van der Waals surface area contributed by atoms with Crippen molar-refractivity contribution in [1.82, 2.24) is 10.2 Å². The van der Waals surface area contributed by atoms with Gasteiger partial charge in [0.1, 0.15) is 6.61 Å². The zero-order valence-corrected chi connectivity index (χ0v) is 17.7. The summed E-state index contributed by atoms with van der Waals surface area (Å²) < 4.78 is 12.0. The highest BCUT2D eigenvalue weighted by atomic mass is 35.5. The third-order valence-electron chi connectivity index (χ3n) is 5.26. The minimum atomic E-state index is 0.487. The fourth-order valence-electron chi connectivity index (χ4n) is 3.79. The summed E-state index contributed by atoms with van der Waals surface area (Å²) in [6, 6.07) is 14.5. The number of nitrogens with zero attached hydrogens (tertiary/aromatic N) is 1.